The molecule has 0 fully saturated rings. The third-order valence-electron chi connectivity index (χ3n) is 2.36. The summed E-state index contributed by atoms with van der Waals surface area (Å²) in [6.45, 7) is 1.45. The van der Waals surface area contributed by atoms with Gasteiger partial charge in [0.25, 0.3) is 5.91 Å². The number of nitrogens with zero attached hydrogens (tertiary/aromatic N) is 1. The summed E-state index contributed by atoms with van der Waals surface area (Å²) in [5.74, 6) is -0.571. The summed E-state index contributed by atoms with van der Waals surface area (Å²) in [4.78, 5) is 29.4. The van der Waals surface area contributed by atoms with Gasteiger partial charge in [-0.05, 0) is 19.1 Å². The van der Waals surface area contributed by atoms with Crippen LogP contribution >= 0.6 is 23.2 Å². The Hall–Kier alpha value is -1.85. The Morgan fingerprint density at radius 2 is 2.05 bits per heavy atom. The van der Waals surface area contributed by atoms with Gasteiger partial charge in [0.05, 0.1) is 0 Å². The number of Topliss-reactive ketones (excluding diaryl/α,β-unsaturated/α-hetero) is 1. The SMILES string of the molecule is CC(=O)c1cccc(NC(=O)c2nc(Cl)c(Cl)[nH]2)c1. The number of ketones is 1. The number of imidazole rings is 1. The Kier molecular flexibility index (Phi) is 3.87. The van der Waals surface area contributed by atoms with E-state index in [9.17, 15) is 9.59 Å². The monoisotopic (exact) mass is 297 g/mol. The van der Waals surface area contributed by atoms with E-state index in [1.54, 1.807) is 24.3 Å². The Morgan fingerprint density at radius 1 is 1.32 bits per heavy atom. The van der Waals surface area contributed by atoms with Crippen molar-refractivity contribution >= 4 is 40.6 Å². The number of benzene rings is 1. The predicted octanol–water partition coefficient (Wildman–Crippen LogP) is 3.17. The van der Waals surface area contributed by atoms with Crippen molar-refractivity contribution < 1.29 is 9.59 Å². The van der Waals surface area contributed by atoms with Gasteiger partial charge >= 0.3 is 0 Å². The molecule has 2 aromatic rings. The number of anilines is 1. The number of nitrogens with one attached hydrogen (secondary N) is 2. The van der Waals surface area contributed by atoms with Gasteiger partial charge in [-0.15, -0.1) is 0 Å². The average Bonchev–Trinajstić information content (AvgIpc) is 2.70. The molecule has 1 aromatic carbocycles. The molecule has 0 atom stereocenters. The number of H-pyrrole nitrogens is 1. The number of rotatable bonds is 3. The van der Waals surface area contributed by atoms with Crippen LogP contribution in [0.5, 0.6) is 0 Å². The zero-order valence-electron chi connectivity index (χ0n) is 9.83. The van der Waals surface area contributed by atoms with Gasteiger partial charge in [-0.2, -0.15) is 0 Å². The van der Waals surface area contributed by atoms with E-state index in [1.165, 1.54) is 6.92 Å². The first-order valence-electron chi connectivity index (χ1n) is 5.30. The minimum Gasteiger partial charge on any atom is -0.324 e. The van der Waals surface area contributed by atoms with Crippen molar-refractivity contribution in [1.29, 1.82) is 0 Å². The average molecular weight is 298 g/mol. The zero-order chi connectivity index (χ0) is 14.0. The minimum atomic E-state index is -0.491. The van der Waals surface area contributed by atoms with Crippen LogP contribution < -0.4 is 5.32 Å². The molecule has 1 heterocycles. The van der Waals surface area contributed by atoms with Gasteiger partial charge in [0.2, 0.25) is 0 Å². The number of carbonyl (C=O) groups is 2. The molecule has 98 valence electrons. The third kappa shape index (κ3) is 3.13. The van der Waals surface area contributed by atoms with Crippen molar-refractivity contribution in [3.8, 4) is 0 Å². The Labute approximate surface area is 118 Å². The van der Waals surface area contributed by atoms with Crippen molar-refractivity contribution in [3.05, 3.63) is 46.0 Å². The molecule has 2 N–H and O–H groups in total. The van der Waals surface area contributed by atoms with Gasteiger partial charge in [0.15, 0.2) is 16.8 Å². The van der Waals surface area contributed by atoms with Crippen LogP contribution in [0.4, 0.5) is 5.69 Å². The quantitative estimate of drug-likeness (QED) is 0.855. The van der Waals surface area contributed by atoms with Crippen LogP contribution in [-0.2, 0) is 0 Å². The van der Waals surface area contributed by atoms with Gasteiger partial charge in [-0.25, -0.2) is 4.98 Å². The van der Waals surface area contributed by atoms with Crippen LogP contribution in [0.15, 0.2) is 24.3 Å². The molecule has 0 saturated carbocycles. The van der Waals surface area contributed by atoms with E-state index in [0.29, 0.717) is 11.3 Å². The molecule has 0 unspecified atom stereocenters. The molecule has 5 nitrogen and oxygen atoms in total. The number of carbonyl (C=O) groups excluding carboxylic acids is 2. The molecule has 0 aliphatic carbocycles. The molecule has 7 heteroatoms. The van der Waals surface area contributed by atoms with E-state index in [-0.39, 0.29) is 21.9 Å². The molecule has 0 saturated heterocycles. The number of hydrogen-bond acceptors (Lipinski definition) is 3. The van der Waals surface area contributed by atoms with E-state index in [4.69, 9.17) is 23.2 Å². The fourth-order valence-corrected chi connectivity index (χ4v) is 1.71. The summed E-state index contributed by atoms with van der Waals surface area (Å²) in [6.07, 6.45) is 0. The Bertz CT molecular complexity index is 633. The zero-order valence-corrected chi connectivity index (χ0v) is 11.3. The lowest BCUT2D eigenvalue weighted by Crippen LogP contribution is -2.14. The molecular weight excluding hydrogens is 289 g/mol. The summed E-state index contributed by atoms with van der Waals surface area (Å²) in [5.41, 5.74) is 0.995. The second-order valence-electron chi connectivity index (χ2n) is 3.78. The van der Waals surface area contributed by atoms with Crippen molar-refractivity contribution in [2.45, 2.75) is 6.92 Å². The Balaban J connectivity index is 2.19. The Morgan fingerprint density at radius 3 is 2.63 bits per heavy atom. The lowest BCUT2D eigenvalue weighted by Gasteiger charge is -2.04. The molecule has 2 rings (SSSR count). The van der Waals surface area contributed by atoms with Crippen LogP contribution in [0.1, 0.15) is 27.9 Å². The fraction of sp³-hybridized carbons (Fsp3) is 0.0833. The number of aromatic amines is 1. The molecule has 19 heavy (non-hydrogen) atoms. The van der Waals surface area contributed by atoms with Gasteiger partial charge in [0, 0.05) is 11.3 Å². The molecule has 0 bridgehead atoms. The highest BCUT2D eigenvalue weighted by Crippen LogP contribution is 2.19. The molecule has 0 spiro atoms. The van der Waals surface area contributed by atoms with Crippen LogP contribution in [0.2, 0.25) is 10.3 Å². The predicted molar refractivity (Wildman–Crippen MR) is 73.0 cm³/mol. The second-order valence-corrected chi connectivity index (χ2v) is 4.52. The van der Waals surface area contributed by atoms with Crippen LogP contribution in [0, 0.1) is 0 Å². The third-order valence-corrected chi connectivity index (χ3v) is 3.00. The molecule has 0 radical (unpaired) electrons. The molecule has 0 aliphatic rings. The van der Waals surface area contributed by atoms with E-state index in [0.717, 1.165) is 0 Å². The maximum absolute atomic E-state index is 11.9. The number of hydrogen-bond donors (Lipinski definition) is 2. The summed E-state index contributed by atoms with van der Waals surface area (Å²) >= 11 is 11.3. The summed E-state index contributed by atoms with van der Waals surface area (Å²) in [5, 5.41) is 2.72. The van der Waals surface area contributed by atoms with Crippen molar-refractivity contribution in [3.63, 3.8) is 0 Å². The van der Waals surface area contributed by atoms with Gasteiger partial charge in [-0.3, -0.25) is 9.59 Å². The fourth-order valence-electron chi connectivity index (χ4n) is 1.44. The first-order chi connectivity index (χ1) is 8.97. The van der Waals surface area contributed by atoms with Crippen molar-refractivity contribution in [2.75, 3.05) is 5.32 Å². The minimum absolute atomic E-state index is 0.00299. The van der Waals surface area contributed by atoms with Crippen molar-refractivity contribution in [1.82, 2.24) is 9.97 Å². The topological polar surface area (TPSA) is 74.8 Å². The first-order valence-corrected chi connectivity index (χ1v) is 6.06. The number of amides is 1. The normalized spacial score (nSPS) is 10.3. The lowest BCUT2D eigenvalue weighted by atomic mass is 10.1. The highest BCUT2D eigenvalue weighted by atomic mass is 35.5. The highest BCUT2D eigenvalue weighted by Gasteiger charge is 2.14. The summed E-state index contributed by atoms with van der Waals surface area (Å²) in [6, 6.07) is 6.58. The standard InChI is InChI=1S/C12H9Cl2N3O2/c1-6(18)7-3-2-4-8(5-7)15-12(19)11-16-9(13)10(14)17-11/h2-5H,1H3,(H,15,19)(H,16,17). The van der Waals surface area contributed by atoms with Crippen LogP contribution in [0.25, 0.3) is 0 Å². The van der Waals surface area contributed by atoms with E-state index >= 15 is 0 Å². The van der Waals surface area contributed by atoms with Crippen LogP contribution in [-0.4, -0.2) is 21.7 Å². The largest absolute Gasteiger partial charge is 0.324 e. The van der Waals surface area contributed by atoms with Gasteiger partial charge in [-0.1, -0.05) is 35.3 Å². The number of aromatic nitrogens is 2. The first kappa shape index (κ1) is 13.6. The van der Waals surface area contributed by atoms with Crippen LogP contribution in [0.3, 0.4) is 0 Å². The summed E-state index contributed by atoms with van der Waals surface area (Å²) < 4.78 is 0. The number of halogens is 2. The van der Waals surface area contributed by atoms with E-state index < -0.39 is 5.91 Å². The highest BCUT2D eigenvalue weighted by molar-refractivity contribution is 6.40. The molecule has 1 amide bonds. The maximum atomic E-state index is 11.9. The maximum Gasteiger partial charge on any atom is 0.291 e. The second kappa shape index (κ2) is 5.42. The van der Waals surface area contributed by atoms with Crippen molar-refractivity contribution in [2.24, 2.45) is 0 Å². The van der Waals surface area contributed by atoms with E-state index in [1.807, 2.05) is 0 Å². The lowest BCUT2D eigenvalue weighted by molar-refractivity contribution is 0.100. The molecule has 0 aliphatic heterocycles. The smallest absolute Gasteiger partial charge is 0.291 e. The molecule has 1 aromatic heterocycles. The van der Waals surface area contributed by atoms with E-state index in [2.05, 4.69) is 15.3 Å². The summed E-state index contributed by atoms with van der Waals surface area (Å²) in [7, 11) is 0. The van der Waals surface area contributed by atoms with Gasteiger partial charge in [0.1, 0.15) is 5.15 Å². The molecular formula is C12H9Cl2N3O2. The van der Waals surface area contributed by atoms with Gasteiger partial charge < -0.3 is 10.3 Å².